The molecule has 0 atom stereocenters. The summed E-state index contributed by atoms with van der Waals surface area (Å²) in [5.41, 5.74) is 3.05. The number of amides is 2. The Kier molecular flexibility index (Phi) is 7.19. The van der Waals surface area contributed by atoms with Crippen molar-refractivity contribution in [3.05, 3.63) is 63.6 Å². The molecule has 2 aromatic rings. The van der Waals surface area contributed by atoms with Gasteiger partial charge in [-0.3, -0.25) is 9.59 Å². The van der Waals surface area contributed by atoms with E-state index in [1.54, 1.807) is 0 Å². The third kappa shape index (κ3) is 5.34. The van der Waals surface area contributed by atoms with Crippen molar-refractivity contribution in [1.29, 1.82) is 0 Å². The Hall–Kier alpha value is -2.34. The number of halogens is 1. The number of piperidine rings is 2. The fourth-order valence-corrected chi connectivity index (χ4v) is 4.83. The molecule has 32 heavy (non-hydrogen) atoms. The van der Waals surface area contributed by atoms with E-state index in [-0.39, 0.29) is 23.8 Å². The molecule has 6 heteroatoms. The van der Waals surface area contributed by atoms with Crippen LogP contribution in [0.3, 0.4) is 0 Å². The first kappa shape index (κ1) is 22.8. The van der Waals surface area contributed by atoms with Crippen molar-refractivity contribution in [1.82, 2.24) is 9.80 Å². The largest absolute Gasteiger partial charge is 0.490 e. The summed E-state index contributed by atoms with van der Waals surface area (Å²) in [6, 6.07) is 13.7. The summed E-state index contributed by atoms with van der Waals surface area (Å²) in [5.74, 6) is 1.26. The Bertz CT molecular complexity index is 960. The van der Waals surface area contributed by atoms with E-state index in [4.69, 9.17) is 4.74 Å². The summed E-state index contributed by atoms with van der Waals surface area (Å²) in [5, 5.41) is 0. The van der Waals surface area contributed by atoms with Gasteiger partial charge in [-0.05, 0) is 68.1 Å². The molecule has 2 fully saturated rings. The van der Waals surface area contributed by atoms with Crippen LogP contribution < -0.4 is 4.74 Å². The van der Waals surface area contributed by atoms with Crippen molar-refractivity contribution in [3.8, 4) is 5.75 Å². The maximum absolute atomic E-state index is 13.1. The van der Waals surface area contributed by atoms with Gasteiger partial charge in [-0.15, -0.1) is 0 Å². The van der Waals surface area contributed by atoms with Crippen LogP contribution in [0.25, 0.3) is 0 Å². The summed E-state index contributed by atoms with van der Waals surface area (Å²) in [7, 11) is 0. The summed E-state index contributed by atoms with van der Waals surface area (Å²) in [4.78, 5) is 29.7. The number of hydrogen-bond acceptors (Lipinski definition) is 3. The minimum atomic E-state index is 0.0143. The number of benzene rings is 2. The van der Waals surface area contributed by atoms with Gasteiger partial charge >= 0.3 is 0 Å². The number of hydrogen-bond donors (Lipinski definition) is 0. The predicted octanol–water partition coefficient (Wildman–Crippen LogP) is 4.99. The van der Waals surface area contributed by atoms with E-state index in [9.17, 15) is 9.59 Å². The quantitative estimate of drug-likeness (QED) is 0.596. The smallest absolute Gasteiger partial charge is 0.253 e. The van der Waals surface area contributed by atoms with E-state index in [2.05, 4.69) is 48.0 Å². The van der Waals surface area contributed by atoms with Crippen molar-refractivity contribution >= 4 is 27.7 Å². The van der Waals surface area contributed by atoms with Gasteiger partial charge < -0.3 is 14.5 Å². The molecule has 0 aliphatic carbocycles. The molecule has 170 valence electrons. The van der Waals surface area contributed by atoms with Crippen LogP contribution in [0.1, 0.15) is 47.2 Å². The minimum Gasteiger partial charge on any atom is -0.490 e. The van der Waals surface area contributed by atoms with E-state index < -0.39 is 0 Å². The predicted molar refractivity (Wildman–Crippen MR) is 129 cm³/mol. The highest BCUT2D eigenvalue weighted by Crippen LogP contribution is 2.26. The molecule has 4 rings (SSSR count). The maximum atomic E-state index is 13.1. The average Bonchev–Trinajstić information content (AvgIpc) is 2.82. The van der Waals surface area contributed by atoms with Crippen LogP contribution in [0.4, 0.5) is 0 Å². The standard InChI is InChI=1S/C26H31BrN2O3/c1-18-3-4-19(2)24(17-18)32-23-11-15-29(16-12-23)26(31)21-9-13-28(14-10-21)25(30)20-5-7-22(27)8-6-20/h3-8,17,21,23H,9-16H2,1-2H3. The first-order valence-electron chi connectivity index (χ1n) is 11.5. The van der Waals surface area contributed by atoms with Gasteiger partial charge in [0.1, 0.15) is 11.9 Å². The normalized spacial score (nSPS) is 18.0. The van der Waals surface area contributed by atoms with Gasteiger partial charge in [-0.1, -0.05) is 28.1 Å². The fourth-order valence-electron chi connectivity index (χ4n) is 4.57. The topological polar surface area (TPSA) is 49.9 Å². The van der Waals surface area contributed by atoms with Crippen LogP contribution in [0, 0.1) is 19.8 Å². The number of aryl methyl sites for hydroxylation is 2. The molecule has 2 saturated heterocycles. The molecule has 0 saturated carbocycles. The van der Waals surface area contributed by atoms with Crippen molar-refractivity contribution in [2.24, 2.45) is 5.92 Å². The van der Waals surface area contributed by atoms with Gasteiger partial charge in [-0.2, -0.15) is 0 Å². The van der Waals surface area contributed by atoms with Crippen LogP contribution in [0.15, 0.2) is 46.9 Å². The second kappa shape index (κ2) is 10.1. The van der Waals surface area contributed by atoms with E-state index in [0.29, 0.717) is 18.7 Å². The molecule has 2 aliphatic rings. The van der Waals surface area contributed by atoms with Crippen molar-refractivity contribution in [2.45, 2.75) is 45.6 Å². The van der Waals surface area contributed by atoms with Gasteiger partial charge in [0.2, 0.25) is 5.91 Å². The molecule has 5 nitrogen and oxygen atoms in total. The zero-order chi connectivity index (χ0) is 22.7. The Balaban J connectivity index is 1.25. The van der Waals surface area contributed by atoms with E-state index in [0.717, 1.165) is 54.6 Å². The molecular weight excluding hydrogens is 468 g/mol. The van der Waals surface area contributed by atoms with Gasteiger partial charge in [-0.25, -0.2) is 0 Å². The third-order valence-corrected chi connectivity index (χ3v) is 7.14. The summed E-state index contributed by atoms with van der Waals surface area (Å²) in [6.45, 7) is 6.90. The Morgan fingerprint density at radius 1 is 0.875 bits per heavy atom. The van der Waals surface area contributed by atoms with Gasteiger partial charge in [0.05, 0.1) is 0 Å². The molecule has 0 radical (unpaired) electrons. The number of carbonyl (C=O) groups excluding carboxylic acids is 2. The molecule has 2 aromatic carbocycles. The lowest BCUT2D eigenvalue weighted by Crippen LogP contribution is -2.47. The lowest BCUT2D eigenvalue weighted by atomic mass is 9.93. The number of ether oxygens (including phenoxy) is 1. The van der Waals surface area contributed by atoms with E-state index in [1.807, 2.05) is 34.1 Å². The molecule has 2 amide bonds. The molecule has 0 unspecified atom stereocenters. The van der Waals surface area contributed by atoms with Crippen molar-refractivity contribution in [3.63, 3.8) is 0 Å². The molecule has 0 aromatic heterocycles. The minimum absolute atomic E-state index is 0.0143. The first-order chi connectivity index (χ1) is 15.4. The molecule has 0 spiro atoms. The van der Waals surface area contributed by atoms with Crippen LogP contribution in [-0.2, 0) is 4.79 Å². The molecule has 0 bridgehead atoms. The number of nitrogens with zero attached hydrogens (tertiary/aromatic N) is 2. The van der Waals surface area contributed by atoms with E-state index in [1.165, 1.54) is 5.56 Å². The van der Waals surface area contributed by atoms with Gasteiger partial charge in [0.25, 0.3) is 5.91 Å². The average molecular weight is 499 g/mol. The summed E-state index contributed by atoms with van der Waals surface area (Å²) >= 11 is 3.40. The fraction of sp³-hybridized carbons (Fsp3) is 0.462. The van der Waals surface area contributed by atoms with Crippen LogP contribution in [0.2, 0.25) is 0 Å². The van der Waals surface area contributed by atoms with Crippen LogP contribution in [0.5, 0.6) is 5.75 Å². The second-order valence-electron chi connectivity index (χ2n) is 8.98. The van der Waals surface area contributed by atoms with Crippen molar-refractivity contribution < 1.29 is 14.3 Å². The SMILES string of the molecule is Cc1ccc(C)c(OC2CCN(C(=O)C3CCN(C(=O)c4ccc(Br)cc4)CC3)CC2)c1. The number of rotatable bonds is 4. The number of carbonyl (C=O) groups is 2. The molecule has 0 N–H and O–H groups in total. The summed E-state index contributed by atoms with van der Waals surface area (Å²) in [6.07, 6.45) is 3.35. The van der Waals surface area contributed by atoms with Gasteiger partial charge in [0.15, 0.2) is 0 Å². The van der Waals surface area contributed by atoms with Gasteiger partial charge in [0, 0.05) is 55.0 Å². The molecule has 2 aliphatic heterocycles. The first-order valence-corrected chi connectivity index (χ1v) is 12.3. The Morgan fingerprint density at radius 3 is 2.16 bits per heavy atom. The summed E-state index contributed by atoms with van der Waals surface area (Å²) < 4.78 is 7.20. The van der Waals surface area contributed by atoms with Crippen LogP contribution in [-0.4, -0.2) is 53.9 Å². The highest BCUT2D eigenvalue weighted by Gasteiger charge is 2.32. The van der Waals surface area contributed by atoms with Crippen molar-refractivity contribution in [2.75, 3.05) is 26.2 Å². The second-order valence-corrected chi connectivity index (χ2v) is 9.90. The Labute approximate surface area is 198 Å². The molecule has 2 heterocycles. The highest BCUT2D eigenvalue weighted by molar-refractivity contribution is 9.10. The number of likely N-dealkylation sites (tertiary alicyclic amines) is 2. The highest BCUT2D eigenvalue weighted by atomic mass is 79.9. The lowest BCUT2D eigenvalue weighted by molar-refractivity contribution is -0.138. The van der Waals surface area contributed by atoms with Crippen LogP contribution >= 0.6 is 15.9 Å². The maximum Gasteiger partial charge on any atom is 0.253 e. The monoisotopic (exact) mass is 498 g/mol. The zero-order valence-electron chi connectivity index (χ0n) is 18.9. The lowest BCUT2D eigenvalue weighted by Gasteiger charge is -2.37. The Morgan fingerprint density at radius 2 is 1.50 bits per heavy atom. The van der Waals surface area contributed by atoms with E-state index >= 15 is 0 Å². The molecular formula is C26H31BrN2O3. The zero-order valence-corrected chi connectivity index (χ0v) is 20.4. The third-order valence-electron chi connectivity index (χ3n) is 6.61.